The SMILES string of the molecule is NC(=O)c1cc(Cl)nc(N2CCC(O)CC2)c1. The second-order valence-electron chi connectivity index (χ2n) is 4.12. The molecular formula is C11H14ClN3O2. The standard InChI is InChI=1S/C11H14ClN3O2/c12-9-5-7(11(13)17)6-10(14-9)15-3-1-8(16)2-4-15/h5-6,8,16H,1-4H2,(H2,13,17). The molecule has 0 saturated carbocycles. The molecule has 1 saturated heterocycles. The predicted molar refractivity (Wildman–Crippen MR) is 65.2 cm³/mol. The van der Waals surface area contributed by atoms with E-state index in [-0.39, 0.29) is 11.3 Å². The number of pyridine rings is 1. The van der Waals surface area contributed by atoms with Crippen LogP contribution < -0.4 is 10.6 Å². The van der Waals surface area contributed by atoms with Crippen LogP contribution in [0.15, 0.2) is 12.1 Å². The Morgan fingerprint density at radius 2 is 2.12 bits per heavy atom. The molecule has 0 atom stereocenters. The van der Waals surface area contributed by atoms with Crippen molar-refractivity contribution >= 4 is 23.3 Å². The molecule has 1 aliphatic heterocycles. The van der Waals surface area contributed by atoms with E-state index in [1.807, 2.05) is 4.90 Å². The van der Waals surface area contributed by atoms with Gasteiger partial charge in [0.15, 0.2) is 0 Å². The molecule has 1 aromatic heterocycles. The van der Waals surface area contributed by atoms with Crippen LogP contribution in [0.1, 0.15) is 23.2 Å². The van der Waals surface area contributed by atoms with Crippen LogP contribution in [-0.2, 0) is 0 Å². The van der Waals surface area contributed by atoms with E-state index in [1.165, 1.54) is 6.07 Å². The summed E-state index contributed by atoms with van der Waals surface area (Å²) in [6.07, 6.45) is 1.14. The van der Waals surface area contributed by atoms with Crippen LogP contribution in [0, 0.1) is 0 Å². The lowest BCUT2D eigenvalue weighted by Crippen LogP contribution is -2.36. The number of amides is 1. The number of carbonyl (C=O) groups excluding carboxylic acids is 1. The number of nitrogens with two attached hydrogens (primary N) is 1. The number of aliphatic hydroxyl groups excluding tert-OH is 1. The number of nitrogens with zero attached hydrogens (tertiary/aromatic N) is 2. The molecule has 1 aromatic rings. The zero-order chi connectivity index (χ0) is 12.4. The summed E-state index contributed by atoms with van der Waals surface area (Å²) in [6, 6.07) is 3.08. The van der Waals surface area contributed by atoms with Crippen molar-refractivity contribution in [1.82, 2.24) is 4.98 Å². The molecule has 0 bridgehead atoms. The first-order chi connectivity index (χ1) is 8.06. The van der Waals surface area contributed by atoms with Crippen molar-refractivity contribution < 1.29 is 9.90 Å². The van der Waals surface area contributed by atoms with Crippen LogP contribution >= 0.6 is 11.6 Å². The van der Waals surface area contributed by atoms with Crippen molar-refractivity contribution in [3.8, 4) is 0 Å². The number of piperidine rings is 1. The van der Waals surface area contributed by atoms with Gasteiger partial charge in [0.25, 0.3) is 0 Å². The van der Waals surface area contributed by atoms with Gasteiger partial charge < -0.3 is 15.7 Å². The van der Waals surface area contributed by atoms with Gasteiger partial charge in [0.2, 0.25) is 5.91 Å². The fraction of sp³-hybridized carbons (Fsp3) is 0.455. The first-order valence-corrected chi connectivity index (χ1v) is 5.84. The van der Waals surface area contributed by atoms with Crippen molar-refractivity contribution in [2.45, 2.75) is 18.9 Å². The van der Waals surface area contributed by atoms with E-state index in [0.717, 1.165) is 0 Å². The van der Waals surface area contributed by atoms with Crippen LogP contribution in [-0.4, -0.2) is 35.2 Å². The van der Waals surface area contributed by atoms with Gasteiger partial charge in [-0.25, -0.2) is 4.98 Å². The Hall–Kier alpha value is -1.33. The largest absolute Gasteiger partial charge is 0.393 e. The molecule has 6 heteroatoms. The molecule has 3 N–H and O–H groups in total. The predicted octanol–water partition coefficient (Wildman–Crippen LogP) is 0.795. The number of aliphatic hydroxyl groups is 1. The third-order valence-electron chi connectivity index (χ3n) is 2.85. The Balaban J connectivity index is 2.23. The van der Waals surface area contributed by atoms with Gasteiger partial charge in [-0.1, -0.05) is 11.6 Å². The summed E-state index contributed by atoms with van der Waals surface area (Å²) < 4.78 is 0. The lowest BCUT2D eigenvalue weighted by atomic mass is 10.1. The molecule has 0 spiro atoms. The number of anilines is 1. The fourth-order valence-corrected chi connectivity index (χ4v) is 2.09. The molecule has 0 aromatic carbocycles. The molecule has 2 rings (SSSR count). The zero-order valence-corrected chi connectivity index (χ0v) is 10.0. The van der Waals surface area contributed by atoms with Gasteiger partial charge in [-0.05, 0) is 25.0 Å². The lowest BCUT2D eigenvalue weighted by Gasteiger charge is -2.30. The maximum atomic E-state index is 11.1. The first-order valence-electron chi connectivity index (χ1n) is 5.46. The molecule has 1 aliphatic rings. The average Bonchev–Trinajstić information content (AvgIpc) is 2.29. The summed E-state index contributed by atoms with van der Waals surface area (Å²) in [5.74, 6) is 0.116. The second kappa shape index (κ2) is 4.89. The van der Waals surface area contributed by atoms with Crippen molar-refractivity contribution in [2.24, 2.45) is 5.73 Å². The van der Waals surface area contributed by atoms with E-state index in [4.69, 9.17) is 17.3 Å². The average molecular weight is 256 g/mol. The van der Waals surface area contributed by atoms with Crippen molar-refractivity contribution in [1.29, 1.82) is 0 Å². The summed E-state index contributed by atoms with van der Waals surface area (Å²) in [7, 11) is 0. The Bertz CT molecular complexity index is 431. The van der Waals surface area contributed by atoms with E-state index in [9.17, 15) is 9.90 Å². The molecule has 17 heavy (non-hydrogen) atoms. The van der Waals surface area contributed by atoms with Crippen LogP contribution in [0.5, 0.6) is 0 Å². The van der Waals surface area contributed by atoms with Gasteiger partial charge in [-0.15, -0.1) is 0 Å². The Morgan fingerprint density at radius 3 is 2.71 bits per heavy atom. The number of halogens is 1. The minimum absolute atomic E-state index is 0.249. The number of aromatic nitrogens is 1. The topological polar surface area (TPSA) is 79.5 Å². The highest BCUT2D eigenvalue weighted by Crippen LogP contribution is 2.21. The zero-order valence-electron chi connectivity index (χ0n) is 9.27. The molecule has 2 heterocycles. The summed E-state index contributed by atoms with van der Waals surface area (Å²) in [6.45, 7) is 1.40. The third kappa shape index (κ3) is 2.87. The highest BCUT2D eigenvalue weighted by Gasteiger charge is 2.19. The maximum absolute atomic E-state index is 11.1. The van der Waals surface area contributed by atoms with E-state index in [0.29, 0.717) is 37.3 Å². The number of rotatable bonds is 2. The summed E-state index contributed by atoms with van der Waals surface area (Å²) in [5, 5.41) is 9.68. The van der Waals surface area contributed by atoms with Crippen LogP contribution in [0.4, 0.5) is 5.82 Å². The Labute approximate surface area is 104 Å². The number of hydrogen-bond donors (Lipinski definition) is 2. The molecule has 0 unspecified atom stereocenters. The molecule has 1 fully saturated rings. The minimum atomic E-state index is -0.521. The van der Waals surface area contributed by atoms with Gasteiger partial charge in [0.05, 0.1) is 6.10 Å². The highest BCUT2D eigenvalue weighted by atomic mass is 35.5. The summed E-state index contributed by atoms with van der Waals surface area (Å²) in [5.41, 5.74) is 5.57. The quantitative estimate of drug-likeness (QED) is 0.766. The number of primary amides is 1. The van der Waals surface area contributed by atoms with Crippen LogP contribution in [0.25, 0.3) is 0 Å². The first kappa shape index (κ1) is 12.1. The molecule has 92 valence electrons. The van der Waals surface area contributed by atoms with Crippen molar-refractivity contribution in [3.63, 3.8) is 0 Å². The molecule has 0 radical (unpaired) electrons. The second-order valence-corrected chi connectivity index (χ2v) is 4.51. The molecule has 1 amide bonds. The van der Waals surface area contributed by atoms with Gasteiger partial charge in [0, 0.05) is 18.7 Å². The molecule has 0 aliphatic carbocycles. The van der Waals surface area contributed by atoms with Gasteiger partial charge in [0.1, 0.15) is 11.0 Å². The smallest absolute Gasteiger partial charge is 0.248 e. The van der Waals surface area contributed by atoms with Gasteiger partial charge >= 0.3 is 0 Å². The summed E-state index contributed by atoms with van der Waals surface area (Å²) >= 11 is 5.85. The third-order valence-corrected chi connectivity index (χ3v) is 3.05. The lowest BCUT2D eigenvalue weighted by molar-refractivity contribution is 0.1000. The van der Waals surface area contributed by atoms with Crippen molar-refractivity contribution in [3.05, 3.63) is 22.8 Å². The van der Waals surface area contributed by atoms with Gasteiger partial charge in [-0.2, -0.15) is 0 Å². The summed E-state index contributed by atoms with van der Waals surface area (Å²) in [4.78, 5) is 17.3. The van der Waals surface area contributed by atoms with Crippen LogP contribution in [0.2, 0.25) is 5.15 Å². The van der Waals surface area contributed by atoms with E-state index in [2.05, 4.69) is 4.98 Å². The van der Waals surface area contributed by atoms with Crippen LogP contribution in [0.3, 0.4) is 0 Å². The minimum Gasteiger partial charge on any atom is -0.393 e. The maximum Gasteiger partial charge on any atom is 0.248 e. The Kier molecular flexibility index (Phi) is 3.49. The monoisotopic (exact) mass is 255 g/mol. The number of carbonyl (C=O) groups is 1. The Morgan fingerprint density at radius 1 is 1.47 bits per heavy atom. The molecule has 5 nitrogen and oxygen atoms in total. The van der Waals surface area contributed by atoms with E-state index in [1.54, 1.807) is 6.07 Å². The van der Waals surface area contributed by atoms with E-state index >= 15 is 0 Å². The highest BCUT2D eigenvalue weighted by molar-refractivity contribution is 6.29. The molecular weight excluding hydrogens is 242 g/mol. The van der Waals surface area contributed by atoms with Crippen molar-refractivity contribution in [2.75, 3.05) is 18.0 Å². The normalized spacial score (nSPS) is 17.2. The van der Waals surface area contributed by atoms with Gasteiger partial charge in [-0.3, -0.25) is 4.79 Å². The fourth-order valence-electron chi connectivity index (χ4n) is 1.88. The van der Waals surface area contributed by atoms with E-state index < -0.39 is 5.91 Å². The number of hydrogen-bond acceptors (Lipinski definition) is 4.